The molecule has 0 saturated carbocycles. The Hall–Kier alpha value is -1.73. The van der Waals surface area contributed by atoms with Crippen molar-refractivity contribution in [3.05, 3.63) is 81.2 Å². The minimum Gasteiger partial charge on any atom is -0.152 e. The summed E-state index contributed by atoms with van der Waals surface area (Å²) < 4.78 is 0.865. The molecule has 0 spiro atoms. The van der Waals surface area contributed by atoms with E-state index < -0.39 is 0 Å². The van der Waals surface area contributed by atoms with Gasteiger partial charge in [0.25, 0.3) is 0 Å². The summed E-state index contributed by atoms with van der Waals surface area (Å²) in [4.78, 5) is 1.23. The highest BCUT2D eigenvalue weighted by molar-refractivity contribution is 7.20. The van der Waals surface area contributed by atoms with E-state index >= 15 is 0 Å². The molecule has 0 amide bonds. The Kier molecular flexibility index (Phi) is 5.85. The van der Waals surface area contributed by atoms with Crippen LogP contribution < -0.4 is 4.78 Å². The van der Waals surface area contributed by atoms with Gasteiger partial charge in [0.05, 0.1) is 0 Å². The van der Waals surface area contributed by atoms with Gasteiger partial charge >= 0.3 is 0 Å². The fourth-order valence-corrected chi connectivity index (χ4v) is 3.91. The van der Waals surface area contributed by atoms with Crippen molar-refractivity contribution in [1.29, 1.82) is 0 Å². The number of hydrogen-bond donors (Lipinski definition) is 0. The van der Waals surface area contributed by atoms with Gasteiger partial charge in [-0.05, 0) is 78.2 Å². The third kappa shape index (κ3) is 4.67. The fourth-order valence-electron chi connectivity index (χ4n) is 3.16. The van der Waals surface area contributed by atoms with Gasteiger partial charge in [-0.15, -0.1) is 5.47 Å². The molecular formula is C22H22B2S. The van der Waals surface area contributed by atoms with E-state index in [1.807, 2.05) is 6.07 Å². The first-order valence-corrected chi connectivity index (χ1v) is 9.61. The summed E-state index contributed by atoms with van der Waals surface area (Å²) in [5, 5.41) is 0. The smallest absolute Gasteiger partial charge is 0.128 e. The summed E-state index contributed by atoms with van der Waals surface area (Å²) in [5.74, 6) is 0. The highest BCUT2D eigenvalue weighted by Gasteiger charge is 2.12. The molecule has 0 N–H and O–H groups in total. The molecule has 25 heavy (non-hydrogen) atoms. The standard InChI is InChI=1S/C22H22B2S/c1-15(3-4-16(2)21-13-14-22(24)25-21)17-5-7-18(8-6-17)19-9-11-20(23)12-10-19/h3-5,7,9,11,13-14H,6,8,10,12H2,1-2H3/b15-3+,16-4+. The SMILES string of the molecule is [B]C1=CC=C(C2=CC=C(/C(C)=C/C=C(\C)c3ccc([B])s3)CC2)CC1. The lowest BCUT2D eigenvalue weighted by atomic mass is 9.81. The molecule has 2 aliphatic rings. The molecule has 0 atom stereocenters. The summed E-state index contributed by atoms with van der Waals surface area (Å²) in [5.41, 5.74) is 7.90. The molecule has 3 rings (SSSR count). The van der Waals surface area contributed by atoms with Crippen LogP contribution in [-0.4, -0.2) is 15.7 Å². The molecule has 0 aliphatic heterocycles. The van der Waals surface area contributed by atoms with Gasteiger partial charge in [0.2, 0.25) is 0 Å². The molecule has 3 heteroatoms. The summed E-state index contributed by atoms with van der Waals surface area (Å²) in [6.07, 6.45) is 17.5. The molecule has 1 aromatic rings. The van der Waals surface area contributed by atoms with Crippen molar-refractivity contribution < 1.29 is 0 Å². The second kappa shape index (κ2) is 8.10. The molecule has 4 radical (unpaired) electrons. The zero-order valence-electron chi connectivity index (χ0n) is 15.0. The summed E-state index contributed by atoms with van der Waals surface area (Å²) in [6.45, 7) is 4.33. The maximum atomic E-state index is 5.86. The van der Waals surface area contributed by atoms with E-state index in [9.17, 15) is 0 Å². The third-order valence-corrected chi connectivity index (χ3v) is 5.90. The maximum absolute atomic E-state index is 5.86. The van der Waals surface area contributed by atoms with E-state index in [2.05, 4.69) is 56.4 Å². The average molecular weight is 340 g/mol. The number of rotatable bonds is 4. The van der Waals surface area contributed by atoms with E-state index in [0.29, 0.717) is 0 Å². The van der Waals surface area contributed by atoms with Crippen molar-refractivity contribution in [2.75, 3.05) is 0 Å². The van der Waals surface area contributed by atoms with Crippen LogP contribution in [0.4, 0.5) is 0 Å². The molecule has 0 unspecified atom stereocenters. The minimum absolute atomic E-state index is 0.865. The topological polar surface area (TPSA) is 0 Å². The first-order valence-electron chi connectivity index (χ1n) is 8.79. The zero-order valence-corrected chi connectivity index (χ0v) is 15.8. The zero-order chi connectivity index (χ0) is 17.8. The van der Waals surface area contributed by atoms with Crippen LogP contribution in [0.15, 0.2) is 76.4 Å². The monoisotopic (exact) mass is 340 g/mol. The van der Waals surface area contributed by atoms with E-state index in [1.54, 1.807) is 11.3 Å². The Balaban J connectivity index is 1.72. The highest BCUT2D eigenvalue weighted by atomic mass is 32.1. The Morgan fingerprint density at radius 2 is 1.52 bits per heavy atom. The van der Waals surface area contributed by atoms with E-state index in [-0.39, 0.29) is 0 Å². The van der Waals surface area contributed by atoms with Crippen LogP contribution in [-0.2, 0) is 0 Å². The van der Waals surface area contributed by atoms with Gasteiger partial charge in [0, 0.05) is 4.88 Å². The normalized spacial score (nSPS) is 19.1. The van der Waals surface area contributed by atoms with Gasteiger partial charge in [-0.2, -0.15) is 11.3 Å². The van der Waals surface area contributed by atoms with Crippen molar-refractivity contribution in [1.82, 2.24) is 0 Å². The molecular weight excluding hydrogens is 318 g/mol. The lowest BCUT2D eigenvalue weighted by molar-refractivity contribution is 0.869. The van der Waals surface area contributed by atoms with Gasteiger partial charge < -0.3 is 0 Å². The predicted octanol–water partition coefficient (Wildman–Crippen LogP) is 5.31. The van der Waals surface area contributed by atoms with Gasteiger partial charge in [0.15, 0.2) is 0 Å². The highest BCUT2D eigenvalue weighted by Crippen LogP contribution is 2.32. The Labute approximate surface area is 158 Å². The summed E-state index contributed by atoms with van der Waals surface area (Å²) >= 11 is 1.64. The van der Waals surface area contributed by atoms with E-state index in [4.69, 9.17) is 15.7 Å². The molecule has 1 aromatic heterocycles. The first kappa shape index (κ1) is 18.1. The lowest BCUT2D eigenvalue weighted by Gasteiger charge is -2.20. The van der Waals surface area contributed by atoms with Crippen molar-refractivity contribution in [2.45, 2.75) is 39.5 Å². The van der Waals surface area contributed by atoms with Crippen molar-refractivity contribution in [2.24, 2.45) is 0 Å². The van der Waals surface area contributed by atoms with Crippen LogP contribution in [0.2, 0.25) is 0 Å². The molecule has 0 saturated heterocycles. The van der Waals surface area contributed by atoms with Crippen LogP contribution in [0.1, 0.15) is 44.4 Å². The van der Waals surface area contributed by atoms with Gasteiger partial charge in [-0.25, -0.2) is 0 Å². The van der Waals surface area contributed by atoms with Crippen LogP contribution in [0, 0.1) is 0 Å². The Bertz CT molecular complexity index is 841. The van der Waals surface area contributed by atoms with Crippen molar-refractivity contribution in [3.8, 4) is 0 Å². The predicted molar refractivity (Wildman–Crippen MR) is 114 cm³/mol. The second-order valence-electron chi connectivity index (χ2n) is 6.72. The summed E-state index contributed by atoms with van der Waals surface area (Å²) in [7, 11) is 11.7. The molecule has 1 heterocycles. The third-order valence-electron chi connectivity index (χ3n) is 4.85. The lowest BCUT2D eigenvalue weighted by Crippen LogP contribution is -2.01. The molecule has 122 valence electrons. The van der Waals surface area contributed by atoms with Crippen LogP contribution in [0.3, 0.4) is 0 Å². The van der Waals surface area contributed by atoms with Gasteiger partial charge in [0.1, 0.15) is 15.7 Å². The quantitative estimate of drug-likeness (QED) is 0.515. The van der Waals surface area contributed by atoms with Gasteiger partial charge in [-0.1, -0.05) is 42.5 Å². The van der Waals surface area contributed by atoms with Crippen LogP contribution in [0.25, 0.3) is 5.57 Å². The number of hydrogen-bond acceptors (Lipinski definition) is 1. The van der Waals surface area contributed by atoms with E-state index in [1.165, 1.54) is 32.7 Å². The van der Waals surface area contributed by atoms with E-state index in [0.717, 1.165) is 35.9 Å². The largest absolute Gasteiger partial charge is 0.152 e. The van der Waals surface area contributed by atoms with Crippen molar-refractivity contribution >= 4 is 37.4 Å². The number of allylic oxidation sites excluding steroid dienone is 12. The average Bonchev–Trinajstić information content (AvgIpc) is 3.07. The second-order valence-corrected chi connectivity index (χ2v) is 7.83. The molecule has 0 nitrogen and oxygen atoms in total. The molecule has 0 fully saturated rings. The first-order chi connectivity index (χ1) is 12.0. The number of thiophene rings is 1. The Morgan fingerprint density at radius 3 is 2.08 bits per heavy atom. The minimum atomic E-state index is 0.865. The van der Waals surface area contributed by atoms with Crippen LogP contribution >= 0.6 is 11.3 Å². The van der Waals surface area contributed by atoms with Crippen molar-refractivity contribution in [3.63, 3.8) is 0 Å². The molecule has 0 aromatic carbocycles. The Morgan fingerprint density at radius 1 is 0.840 bits per heavy atom. The fraction of sp³-hybridized carbons (Fsp3) is 0.273. The molecule has 0 bridgehead atoms. The van der Waals surface area contributed by atoms with Gasteiger partial charge in [-0.3, -0.25) is 0 Å². The molecule has 2 aliphatic carbocycles. The maximum Gasteiger partial charge on any atom is 0.128 e. The summed E-state index contributed by atoms with van der Waals surface area (Å²) in [6, 6.07) is 4.05. The van der Waals surface area contributed by atoms with Crippen LogP contribution in [0.5, 0.6) is 0 Å².